The number of hydrogen-bond donors (Lipinski definition) is 0. The van der Waals surface area contributed by atoms with Crippen LogP contribution < -0.4 is 4.90 Å². The van der Waals surface area contributed by atoms with Crippen LogP contribution in [0.3, 0.4) is 0 Å². The van der Waals surface area contributed by atoms with Gasteiger partial charge in [-0.05, 0) is 75.2 Å². The van der Waals surface area contributed by atoms with Crippen LogP contribution in [0, 0.1) is 0 Å². The van der Waals surface area contributed by atoms with Crippen molar-refractivity contribution in [1.82, 2.24) is 0 Å². The first-order valence-corrected chi connectivity index (χ1v) is 17.3. The third-order valence-corrected chi connectivity index (χ3v) is 10.6. The summed E-state index contributed by atoms with van der Waals surface area (Å²) in [6.07, 6.45) is 1.11. The normalized spacial score (nSPS) is 14.8. The molecule has 1 heterocycles. The first-order chi connectivity index (χ1) is 23.8. The maximum Gasteiger partial charge on any atom is 0.137 e. The zero-order valence-electron chi connectivity index (χ0n) is 28.5. The molecule has 1 aliphatic rings. The van der Waals surface area contributed by atoms with Crippen molar-refractivity contribution in [1.29, 1.82) is 0 Å². The second kappa shape index (κ2) is 11.0. The summed E-state index contributed by atoms with van der Waals surface area (Å²) < 4.78 is 6.79. The van der Waals surface area contributed by atoms with Crippen LogP contribution in [0.15, 0.2) is 156 Å². The minimum Gasteiger partial charge on any atom is -0.456 e. The average molecular weight is 634 g/mol. The Kier molecular flexibility index (Phi) is 6.61. The highest BCUT2D eigenvalue weighted by atomic mass is 16.3. The molecule has 0 radical (unpaired) electrons. The molecule has 0 bridgehead atoms. The van der Waals surface area contributed by atoms with E-state index in [4.69, 9.17) is 4.42 Å². The third-order valence-electron chi connectivity index (χ3n) is 10.6. The maximum absolute atomic E-state index is 6.79. The van der Waals surface area contributed by atoms with Gasteiger partial charge in [0.1, 0.15) is 11.2 Å². The van der Waals surface area contributed by atoms with Crippen molar-refractivity contribution < 1.29 is 4.42 Å². The summed E-state index contributed by atoms with van der Waals surface area (Å²) in [6.45, 7) is 9.52. The van der Waals surface area contributed by atoms with Gasteiger partial charge in [0.15, 0.2) is 0 Å². The third kappa shape index (κ3) is 4.70. The summed E-state index contributed by atoms with van der Waals surface area (Å²) in [5.74, 6) is 0. The van der Waals surface area contributed by atoms with Gasteiger partial charge in [0, 0.05) is 21.9 Å². The van der Waals surface area contributed by atoms with E-state index in [9.17, 15) is 0 Å². The number of nitrogens with zero attached hydrogens (tertiary/aromatic N) is 1. The summed E-state index contributed by atoms with van der Waals surface area (Å²) >= 11 is 0. The molecule has 0 N–H and O–H groups in total. The Balaban J connectivity index is 1.44. The molecule has 7 aromatic carbocycles. The number of para-hydroxylation sites is 1. The number of benzene rings is 7. The zero-order valence-corrected chi connectivity index (χ0v) is 28.5. The van der Waals surface area contributed by atoms with Gasteiger partial charge in [-0.1, -0.05) is 149 Å². The van der Waals surface area contributed by atoms with Crippen LogP contribution in [0.1, 0.15) is 45.2 Å². The number of rotatable bonds is 5. The molecule has 9 rings (SSSR count). The highest BCUT2D eigenvalue weighted by Crippen LogP contribution is 2.54. The van der Waals surface area contributed by atoms with Crippen LogP contribution >= 0.6 is 0 Å². The van der Waals surface area contributed by atoms with E-state index in [0.717, 1.165) is 40.0 Å². The van der Waals surface area contributed by atoms with Crippen LogP contribution in [0.2, 0.25) is 0 Å². The smallest absolute Gasteiger partial charge is 0.137 e. The summed E-state index contributed by atoms with van der Waals surface area (Å²) in [5.41, 5.74) is 12.9. The lowest BCUT2D eigenvalue weighted by Gasteiger charge is -2.32. The van der Waals surface area contributed by atoms with E-state index in [1.165, 1.54) is 49.5 Å². The van der Waals surface area contributed by atoms with Gasteiger partial charge in [-0.25, -0.2) is 0 Å². The molecular formula is C47H39NO. The molecule has 2 heteroatoms. The maximum atomic E-state index is 6.79. The highest BCUT2D eigenvalue weighted by molar-refractivity contribution is 6.16. The van der Waals surface area contributed by atoms with Crippen molar-refractivity contribution in [2.24, 2.45) is 0 Å². The van der Waals surface area contributed by atoms with Crippen LogP contribution in [0.5, 0.6) is 0 Å². The van der Waals surface area contributed by atoms with Gasteiger partial charge in [0.2, 0.25) is 0 Å². The number of furan rings is 1. The molecule has 49 heavy (non-hydrogen) atoms. The van der Waals surface area contributed by atoms with E-state index in [1.807, 2.05) is 0 Å². The Morgan fingerprint density at radius 3 is 1.73 bits per heavy atom. The lowest BCUT2D eigenvalue weighted by molar-refractivity contribution is 0.403. The summed E-state index contributed by atoms with van der Waals surface area (Å²) in [7, 11) is 0. The molecule has 8 aromatic rings. The first-order valence-electron chi connectivity index (χ1n) is 17.3. The van der Waals surface area contributed by atoms with Gasteiger partial charge in [0.25, 0.3) is 0 Å². The van der Waals surface area contributed by atoms with Gasteiger partial charge in [-0.15, -0.1) is 0 Å². The molecule has 2 nitrogen and oxygen atoms in total. The van der Waals surface area contributed by atoms with E-state index >= 15 is 0 Å². The molecule has 0 unspecified atom stereocenters. The largest absolute Gasteiger partial charge is 0.456 e. The quantitative estimate of drug-likeness (QED) is 0.187. The fraction of sp³-hybridized carbons (Fsp3) is 0.149. The standard InChI is InChI=1S/C47H39NO/c1-46(2)30-47(3,4)39-29-43-37(28-38(39)46)44-41(26-15-27-42(44)49-43)48(40-25-13-21-31-20-11-12-22-34(31)40)45-35(32-16-7-5-8-17-32)23-14-24-36(45)33-18-9-6-10-19-33/h5-29H,30H2,1-4H3. The van der Waals surface area contributed by atoms with Crippen LogP contribution in [0.25, 0.3) is 55.0 Å². The zero-order chi connectivity index (χ0) is 33.3. The molecule has 1 aromatic heterocycles. The number of fused-ring (bicyclic) bond motifs is 5. The van der Waals surface area contributed by atoms with Crippen molar-refractivity contribution in [2.75, 3.05) is 4.90 Å². The number of hydrogen-bond acceptors (Lipinski definition) is 2. The average Bonchev–Trinajstić information content (AvgIpc) is 3.58. The molecule has 0 amide bonds. The Hall–Kier alpha value is -5.60. The van der Waals surface area contributed by atoms with E-state index < -0.39 is 0 Å². The van der Waals surface area contributed by atoms with Gasteiger partial charge in [-0.2, -0.15) is 0 Å². The molecular weight excluding hydrogens is 595 g/mol. The Morgan fingerprint density at radius 2 is 1.04 bits per heavy atom. The Labute approximate surface area is 288 Å². The van der Waals surface area contributed by atoms with Crippen molar-refractivity contribution in [3.05, 3.63) is 163 Å². The second-order valence-electron chi connectivity index (χ2n) is 14.9. The fourth-order valence-corrected chi connectivity index (χ4v) is 8.71. The van der Waals surface area contributed by atoms with Crippen molar-refractivity contribution in [2.45, 2.75) is 44.9 Å². The Morgan fingerprint density at radius 1 is 0.490 bits per heavy atom. The van der Waals surface area contributed by atoms with E-state index in [1.54, 1.807) is 0 Å². The molecule has 0 atom stereocenters. The van der Waals surface area contributed by atoms with Gasteiger partial charge >= 0.3 is 0 Å². The van der Waals surface area contributed by atoms with Crippen LogP contribution in [-0.2, 0) is 10.8 Å². The van der Waals surface area contributed by atoms with Crippen LogP contribution in [-0.4, -0.2) is 0 Å². The predicted octanol–water partition coefficient (Wildman–Crippen LogP) is 13.5. The molecule has 1 aliphatic carbocycles. The fourth-order valence-electron chi connectivity index (χ4n) is 8.71. The lowest BCUT2D eigenvalue weighted by atomic mass is 9.82. The molecule has 238 valence electrons. The monoisotopic (exact) mass is 633 g/mol. The molecule has 0 spiro atoms. The van der Waals surface area contributed by atoms with Gasteiger partial charge in [-0.3, -0.25) is 0 Å². The van der Waals surface area contributed by atoms with Crippen molar-refractivity contribution in [3.8, 4) is 22.3 Å². The minimum absolute atomic E-state index is 0.0707. The lowest BCUT2D eigenvalue weighted by Crippen LogP contribution is -2.17. The SMILES string of the molecule is CC1(C)CC(C)(C)c2cc3c(cc21)oc1cccc(N(c2c(-c4ccccc4)cccc2-c2ccccc2)c2cccc4ccccc24)c13. The topological polar surface area (TPSA) is 16.4 Å². The molecule has 0 saturated heterocycles. The highest BCUT2D eigenvalue weighted by Gasteiger charge is 2.42. The Bertz CT molecular complexity index is 2460. The number of anilines is 3. The molecule has 0 aliphatic heterocycles. The minimum atomic E-state index is 0.0707. The van der Waals surface area contributed by atoms with Crippen molar-refractivity contribution >= 4 is 49.8 Å². The summed E-state index contributed by atoms with van der Waals surface area (Å²) in [6, 6.07) is 55.0. The molecule has 0 saturated carbocycles. The van der Waals surface area contributed by atoms with Crippen LogP contribution in [0.4, 0.5) is 17.1 Å². The predicted molar refractivity (Wildman–Crippen MR) is 207 cm³/mol. The summed E-state index contributed by atoms with van der Waals surface area (Å²) in [5, 5.41) is 4.70. The first kappa shape index (κ1) is 29.5. The summed E-state index contributed by atoms with van der Waals surface area (Å²) in [4.78, 5) is 2.51. The van der Waals surface area contributed by atoms with E-state index in [2.05, 4.69) is 184 Å². The van der Waals surface area contributed by atoms with E-state index in [0.29, 0.717) is 0 Å². The van der Waals surface area contributed by atoms with Gasteiger partial charge < -0.3 is 9.32 Å². The molecule has 0 fully saturated rings. The van der Waals surface area contributed by atoms with Crippen molar-refractivity contribution in [3.63, 3.8) is 0 Å². The van der Waals surface area contributed by atoms with E-state index in [-0.39, 0.29) is 10.8 Å². The second-order valence-corrected chi connectivity index (χ2v) is 14.9. The van der Waals surface area contributed by atoms with Gasteiger partial charge in [0.05, 0.1) is 22.4 Å².